The van der Waals surface area contributed by atoms with Crippen LogP contribution < -0.4 is 5.32 Å². The molecular weight excluding hydrogens is 398 g/mol. The third-order valence-corrected chi connectivity index (χ3v) is 4.35. The number of nitrogens with one attached hydrogen (secondary N) is 1. The largest absolute Gasteiger partial charge is 0.467 e. The number of furan rings is 1. The van der Waals surface area contributed by atoms with E-state index in [1.54, 1.807) is 6.26 Å². The molecule has 1 heterocycles. The molecular formula is C16H19Br2NO2. The fourth-order valence-corrected chi connectivity index (χ4v) is 3.41. The number of halogens is 2. The van der Waals surface area contributed by atoms with E-state index < -0.39 is 0 Å². The van der Waals surface area contributed by atoms with Crippen LogP contribution in [0.5, 0.6) is 0 Å². The molecule has 1 aromatic heterocycles. The second kappa shape index (κ2) is 8.73. The lowest BCUT2D eigenvalue weighted by Gasteiger charge is -2.16. The van der Waals surface area contributed by atoms with Crippen molar-refractivity contribution in [2.75, 3.05) is 13.2 Å². The van der Waals surface area contributed by atoms with E-state index in [0.717, 1.165) is 34.3 Å². The maximum Gasteiger partial charge on any atom is 0.129 e. The maximum atomic E-state index is 5.56. The van der Waals surface area contributed by atoms with Crippen molar-refractivity contribution in [2.45, 2.75) is 26.0 Å². The van der Waals surface area contributed by atoms with Gasteiger partial charge in [-0.2, -0.15) is 0 Å². The molecule has 1 atom stereocenters. The molecule has 0 radical (unpaired) electrons. The number of hydrogen-bond donors (Lipinski definition) is 1. The molecule has 0 aliphatic carbocycles. The van der Waals surface area contributed by atoms with Gasteiger partial charge in [-0.25, -0.2) is 0 Å². The molecule has 0 amide bonds. The topological polar surface area (TPSA) is 34.4 Å². The van der Waals surface area contributed by atoms with Crippen molar-refractivity contribution in [3.63, 3.8) is 0 Å². The lowest BCUT2D eigenvalue weighted by molar-refractivity contribution is 0.104. The molecule has 1 unspecified atom stereocenters. The summed E-state index contributed by atoms with van der Waals surface area (Å²) in [6.45, 7) is 4.35. The average Bonchev–Trinajstić information content (AvgIpc) is 2.95. The second-order valence-electron chi connectivity index (χ2n) is 4.83. The first-order chi connectivity index (χ1) is 10.2. The molecule has 2 aromatic rings. The Hall–Kier alpha value is -0.620. The molecule has 5 heteroatoms. The number of hydrogen-bond acceptors (Lipinski definition) is 3. The first-order valence-electron chi connectivity index (χ1n) is 6.95. The summed E-state index contributed by atoms with van der Waals surface area (Å²) in [5.74, 6) is 0.870. The molecule has 0 aliphatic rings. The van der Waals surface area contributed by atoms with Gasteiger partial charge in [0.2, 0.25) is 0 Å². The van der Waals surface area contributed by atoms with Crippen molar-refractivity contribution in [3.8, 4) is 0 Å². The molecule has 0 bridgehead atoms. The summed E-state index contributed by atoms with van der Waals surface area (Å²) in [6, 6.07) is 10.4. The summed E-state index contributed by atoms with van der Waals surface area (Å²) in [4.78, 5) is 0. The van der Waals surface area contributed by atoms with Crippen LogP contribution in [0, 0.1) is 0 Å². The van der Waals surface area contributed by atoms with Gasteiger partial charge in [-0.3, -0.25) is 0 Å². The van der Waals surface area contributed by atoms with Crippen molar-refractivity contribution >= 4 is 31.9 Å². The average molecular weight is 417 g/mol. The van der Waals surface area contributed by atoms with Crippen LogP contribution in [0.1, 0.15) is 30.7 Å². The molecule has 1 N–H and O–H groups in total. The van der Waals surface area contributed by atoms with Crippen molar-refractivity contribution < 1.29 is 9.15 Å². The minimum atomic E-state index is 0.303. The Balaban J connectivity index is 1.63. The summed E-state index contributed by atoms with van der Waals surface area (Å²) < 4.78 is 13.0. The summed E-state index contributed by atoms with van der Waals surface area (Å²) in [6.07, 6.45) is 2.64. The zero-order valence-corrected chi connectivity index (χ0v) is 15.1. The fourth-order valence-electron chi connectivity index (χ4n) is 2.02. The highest BCUT2D eigenvalue weighted by molar-refractivity contribution is 9.11. The Kier molecular flexibility index (Phi) is 6.96. The van der Waals surface area contributed by atoms with Gasteiger partial charge in [0.1, 0.15) is 12.4 Å². The summed E-state index contributed by atoms with van der Waals surface area (Å²) in [7, 11) is 0. The first kappa shape index (κ1) is 16.7. The lowest BCUT2D eigenvalue weighted by Crippen LogP contribution is -2.21. The van der Waals surface area contributed by atoms with Gasteiger partial charge in [-0.15, -0.1) is 0 Å². The van der Waals surface area contributed by atoms with Gasteiger partial charge in [0.05, 0.1) is 6.26 Å². The normalized spacial score (nSPS) is 12.5. The van der Waals surface area contributed by atoms with Crippen LogP contribution in [-0.4, -0.2) is 13.2 Å². The van der Waals surface area contributed by atoms with Gasteiger partial charge in [-0.05, 0) is 49.7 Å². The van der Waals surface area contributed by atoms with Crippen LogP contribution >= 0.6 is 31.9 Å². The smallest absolute Gasteiger partial charge is 0.129 e. The molecule has 1 aromatic carbocycles. The Morgan fingerprint density at radius 3 is 2.86 bits per heavy atom. The van der Waals surface area contributed by atoms with Gasteiger partial charge >= 0.3 is 0 Å². The van der Waals surface area contributed by atoms with Crippen LogP contribution in [0.2, 0.25) is 0 Å². The highest BCUT2D eigenvalue weighted by Gasteiger charge is 2.08. The third-order valence-electron chi connectivity index (χ3n) is 3.17. The van der Waals surface area contributed by atoms with Crippen molar-refractivity contribution in [1.82, 2.24) is 5.32 Å². The molecule has 21 heavy (non-hydrogen) atoms. The van der Waals surface area contributed by atoms with E-state index in [0.29, 0.717) is 12.6 Å². The van der Waals surface area contributed by atoms with Crippen molar-refractivity contribution in [2.24, 2.45) is 0 Å². The monoisotopic (exact) mass is 415 g/mol. The molecule has 2 rings (SSSR count). The van der Waals surface area contributed by atoms with E-state index >= 15 is 0 Å². The Morgan fingerprint density at radius 2 is 2.14 bits per heavy atom. The van der Waals surface area contributed by atoms with Gasteiger partial charge in [-0.1, -0.05) is 37.9 Å². The van der Waals surface area contributed by atoms with Crippen LogP contribution in [0.25, 0.3) is 0 Å². The highest BCUT2D eigenvalue weighted by Crippen LogP contribution is 2.26. The Labute approximate surface area is 142 Å². The summed E-state index contributed by atoms with van der Waals surface area (Å²) >= 11 is 7.07. The maximum absolute atomic E-state index is 5.56. The van der Waals surface area contributed by atoms with Gasteiger partial charge in [0.25, 0.3) is 0 Å². The molecule has 3 nitrogen and oxygen atoms in total. The third kappa shape index (κ3) is 5.58. The zero-order chi connectivity index (χ0) is 15.1. The molecule has 0 fully saturated rings. The molecule has 0 saturated carbocycles. The lowest BCUT2D eigenvalue weighted by atomic mass is 10.1. The molecule has 0 aliphatic heterocycles. The van der Waals surface area contributed by atoms with E-state index in [-0.39, 0.29) is 0 Å². The second-order valence-corrected chi connectivity index (χ2v) is 6.60. The minimum absolute atomic E-state index is 0.303. The van der Waals surface area contributed by atoms with Crippen LogP contribution in [-0.2, 0) is 11.3 Å². The van der Waals surface area contributed by atoms with E-state index in [1.807, 2.05) is 12.1 Å². The number of ether oxygens (including phenoxy) is 1. The van der Waals surface area contributed by atoms with E-state index in [1.165, 1.54) is 5.56 Å². The van der Waals surface area contributed by atoms with Crippen LogP contribution in [0.15, 0.2) is 50.0 Å². The molecule has 0 spiro atoms. The predicted molar refractivity (Wildman–Crippen MR) is 91.2 cm³/mol. The molecule has 114 valence electrons. The Morgan fingerprint density at radius 1 is 1.29 bits per heavy atom. The van der Waals surface area contributed by atoms with Crippen LogP contribution in [0.3, 0.4) is 0 Å². The van der Waals surface area contributed by atoms with Crippen molar-refractivity contribution in [1.29, 1.82) is 0 Å². The molecule has 0 saturated heterocycles. The van der Waals surface area contributed by atoms with Gasteiger partial charge < -0.3 is 14.5 Å². The van der Waals surface area contributed by atoms with E-state index in [9.17, 15) is 0 Å². The zero-order valence-electron chi connectivity index (χ0n) is 11.9. The number of rotatable bonds is 8. The van der Waals surface area contributed by atoms with E-state index in [2.05, 4.69) is 62.3 Å². The predicted octanol–water partition coefficient (Wildman–Crippen LogP) is 5.06. The van der Waals surface area contributed by atoms with Crippen molar-refractivity contribution in [3.05, 3.63) is 56.9 Å². The number of benzene rings is 1. The fraction of sp³-hybridized carbons (Fsp3) is 0.375. The van der Waals surface area contributed by atoms with Gasteiger partial charge in [0.15, 0.2) is 0 Å². The van der Waals surface area contributed by atoms with Crippen LogP contribution in [0.4, 0.5) is 0 Å². The SMILES string of the molecule is CC(NCCCOCc1ccco1)c1ccc(Br)cc1Br. The quantitative estimate of drug-likeness (QED) is 0.610. The first-order valence-corrected chi connectivity index (χ1v) is 8.54. The summed E-state index contributed by atoms with van der Waals surface area (Å²) in [5.41, 5.74) is 1.26. The minimum Gasteiger partial charge on any atom is -0.467 e. The van der Waals surface area contributed by atoms with E-state index in [4.69, 9.17) is 9.15 Å². The highest BCUT2D eigenvalue weighted by atomic mass is 79.9. The standard InChI is InChI=1S/C16H19Br2NO2/c1-12(15-6-5-13(17)10-16(15)18)19-7-3-8-20-11-14-4-2-9-21-14/h2,4-6,9-10,12,19H,3,7-8,11H2,1H3. The Bertz CT molecular complexity index is 543. The van der Waals surface area contributed by atoms with Gasteiger partial charge in [0, 0.05) is 21.6 Å². The summed E-state index contributed by atoms with van der Waals surface area (Å²) in [5, 5.41) is 3.50.